The van der Waals surface area contributed by atoms with Crippen LogP contribution in [0.25, 0.3) is 0 Å². The molecule has 6 aromatic rings. The van der Waals surface area contributed by atoms with Gasteiger partial charge in [0.25, 0.3) is 0 Å². The van der Waals surface area contributed by atoms with Crippen molar-refractivity contribution in [2.45, 2.75) is 26.7 Å². The first-order valence-electron chi connectivity index (χ1n) is 17.2. The zero-order valence-corrected chi connectivity index (χ0v) is 30.5. The van der Waals surface area contributed by atoms with Gasteiger partial charge in [-0.25, -0.2) is 0 Å². The molecule has 6 aromatic carbocycles. The van der Waals surface area contributed by atoms with E-state index in [4.69, 9.17) is 9.05 Å². The Balaban J connectivity index is 1.41. The van der Waals surface area contributed by atoms with Crippen LogP contribution in [0, 0.1) is 0 Å². The van der Waals surface area contributed by atoms with Gasteiger partial charge in [0.2, 0.25) is 0 Å². The summed E-state index contributed by atoms with van der Waals surface area (Å²) in [4.78, 5) is 28.8. The molecule has 0 aromatic heterocycles. The molecule has 0 bridgehead atoms. The van der Waals surface area contributed by atoms with Gasteiger partial charge in [-0.3, -0.25) is 0 Å². The van der Waals surface area contributed by atoms with Crippen molar-refractivity contribution in [1.29, 1.82) is 0 Å². The van der Waals surface area contributed by atoms with Crippen molar-refractivity contribution in [3.05, 3.63) is 182 Å². The van der Waals surface area contributed by atoms with Crippen LogP contribution in [-0.2, 0) is 18.6 Å². The molecule has 0 heterocycles. The van der Waals surface area contributed by atoms with Gasteiger partial charge < -0.3 is 0 Å². The molecule has 0 unspecified atom stereocenters. The second-order valence-electron chi connectivity index (χ2n) is 12.5. The van der Waals surface area contributed by atoms with Gasteiger partial charge in [0.15, 0.2) is 0 Å². The SMILES string of the molecule is CCP(OC(=O)CCC(=O)OP(CC)(c1ccccc1)(c1ccccc1)c1ccccc1)(c1ccccc1)(c1ccccc1)c1ccccc1. The molecule has 50 heavy (non-hydrogen) atoms. The molecule has 0 saturated heterocycles. The summed E-state index contributed by atoms with van der Waals surface area (Å²) in [6, 6.07) is 60.5. The normalized spacial score (nSPS) is 13.2. The van der Waals surface area contributed by atoms with E-state index in [0.717, 1.165) is 31.8 Å². The van der Waals surface area contributed by atoms with Gasteiger partial charge in [-0.1, -0.05) is 0 Å². The average molecular weight is 699 g/mol. The van der Waals surface area contributed by atoms with Crippen molar-refractivity contribution in [3.63, 3.8) is 0 Å². The first kappa shape index (κ1) is 35.0. The molecule has 0 N–H and O–H groups in total. The fraction of sp³-hybridized carbons (Fsp3) is 0.136. The fourth-order valence-electron chi connectivity index (χ4n) is 7.64. The van der Waals surface area contributed by atoms with Crippen molar-refractivity contribution in [1.82, 2.24) is 0 Å². The molecule has 0 aliphatic heterocycles. The van der Waals surface area contributed by atoms with Crippen LogP contribution < -0.4 is 31.8 Å². The molecule has 0 aliphatic rings. The second kappa shape index (κ2) is 14.5. The molecule has 6 rings (SSSR count). The minimum atomic E-state index is -3.83. The molecule has 6 heteroatoms. The summed E-state index contributed by atoms with van der Waals surface area (Å²) in [6.45, 7) is -3.47. The average Bonchev–Trinajstić information content (AvgIpc) is 3.20. The van der Waals surface area contributed by atoms with Gasteiger partial charge in [-0.2, -0.15) is 0 Å². The molecular weight excluding hydrogens is 654 g/mol. The third-order valence-corrected chi connectivity index (χ3v) is 22.1. The number of carbonyl (C=O) groups excluding carboxylic acids is 2. The van der Waals surface area contributed by atoms with E-state index < -0.39 is 25.6 Å². The number of rotatable bonds is 13. The third-order valence-electron chi connectivity index (χ3n) is 10.2. The third kappa shape index (κ3) is 5.67. The maximum absolute atomic E-state index is 14.4. The van der Waals surface area contributed by atoms with Gasteiger partial charge in [0.05, 0.1) is 0 Å². The topological polar surface area (TPSA) is 52.6 Å². The van der Waals surface area contributed by atoms with Crippen LogP contribution in [0.15, 0.2) is 182 Å². The van der Waals surface area contributed by atoms with Crippen molar-refractivity contribution < 1.29 is 18.6 Å². The van der Waals surface area contributed by atoms with Crippen LogP contribution in [-0.4, -0.2) is 24.3 Å². The summed E-state index contributed by atoms with van der Waals surface area (Å²) in [5.41, 5.74) is 0. The Morgan fingerprint density at radius 3 is 0.700 bits per heavy atom. The van der Waals surface area contributed by atoms with Gasteiger partial charge in [0.1, 0.15) is 0 Å². The predicted octanol–water partition coefficient (Wildman–Crippen LogP) is 7.78. The summed E-state index contributed by atoms with van der Waals surface area (Å²) in [5, 5.41) is 5.76. The Hall–Kier alpha value is -4.88. The van der Waals surface area contributed by atoms with Crippen LogP contribution >= 0.6 is 13.7 Å². The fourth-order valence-corrected chi connectivity index (χ4v) is 18.4. The van der Waals surface area contributed by atoms with Crippen LogP contribution in [0.2, 0.25) is 0 Å². The van der Waals surface area contributed by atoms with Crippen molar-refractivity contribution >= 4 is 57.4 Å². The first-order chi connectivity index (χ1) is 24.4. The standard InChI is InChI=1S/C44H44O4P2/c1-3-49(37-23-11-5-12-24-37,38-25-13-6-14-26-38,39-27-15-7-16-28-39)47-43(45)35-36-44(46)48-50(4-2,40-29-17-8-18-30-40,41-31-19-9-20-32-41)42-33-21-10-22-34-42/h5-34H,3-4,35-36H2,1-2H3. The van der Waals surface area contributed by atoms with Crippen molar-refractivity contribution in [3.8, 4) is 0 Å². The van der Waals surface area contributed by atoms with Crippen LogP contribution in [0.5, 0.6) is 0 Å². The second-order valence-corrected chi connectivity index (χ2v) is 22.1. The molecule has 0 atom stereocenters. The molecule has 0 aliphatic carbocycles. The monoisotopic (exact) mass is 698 g/mol. The summed E-state index contributed by atoms with van der Waals surface area (Å²) >= 11 is 0. The Bertz CT molecular complexity index is 1670. The summed E-state index contributed by atoms with van der Waals surface area (Å²) < 4.78 is 14.0. The first-order valence-corrected chi connectivity index (χ1v) is 21.9. The molecule has 0 fully saturated rings. The van der Waals surface area contributed by atoms with E-state index in [-0.39, 0.29) is 12.8 Å². The van der Waals surface area contributed by atoms with Crippen LogP contribution in [0.3, 0.4) is 0 Å². The van der Waals surface area contributed by atoms with Gasteiger partial charge in [0, 0.05) is 0 Å². The molecule has 0 spiro atoms. The number of benzene rings is 6. The van der Waals surface area contributed by atoms with Crippen LogP contribution in [0.1, 0.15) is 26.7 Å². The minimum absolute atomic E-state index is 0.127. The molecule has 0 radical (unpaired) electrons. The van der Waals surface area contributed by atoms with Crippen molar-refractivity contribution in [2.75, 3.05) is 12.3 Å². The van der Waals surface area contributed by atoms with E-state index in [1.54, 1.807) is 0 Å². The molecule has 0 amide bonds. The Morgan fingerprint density at radius 1 is 0.360 bits per heavy atom. The van der Waals surface area contributed by atoms with E-state index in [2.05, 4.69) is 86.6 Å². The Morgan fingerprint density at radius 2 is 0.540 bits per heavy atom. The van der Waals surface area contributed by atoms with Gasteiger partial charge >= 0.3 is 297 Å². The molecule has 254 valence electrons. The van der Waals surface area contributed by atoms with E-state index >= 15 is 0 Å². The predicted molar refractivity (Wildman–Crippen MR) is 213 cm³/mol. The zero-order valence-electron chi connectivity index (χ0n) is 28.7. The van der Waals surface area contributed by atoms with E-state index in [1.165, 1.54) is 0 Å². The molecular formula is C44H44O4P2. The Labute approximate surface area is 296 Å². The Kier molecular flexibility index (Phi) is 10.2. The molecule has 0 saturated carbocycles. The summed E-state index contributed by atoms with van der Waals surface area (Å²) in [5.74, 6) is -0.872. The van der Waals surface area contributed by atoms with E-state index in [0.29, 0.717) is 12.3 Å². The quantitative estimate of drug-likeness (QED) is 0.116. The van der Waals surface area contributed by atoms with E-state index in [1.807, 2.05) is 109 Å². The maximum atomic E-state index is 14.4. The van der Waals surface area contributed by atoms with E-state index in [9.17, 15) is 9.59 Å². The molecule has 4 nitrogen and oxygen atoms in total. The summed E-state index contributed by atoms with van der Waals surface area (Å²) in [6.07, 6.45) is 0.861. The number of hydrogen-bond donors (Lipinski definition) is 0. The van der Waals surface area contributed by atoms with Crippen molar-refractivity contribution in [2.24, 2.45) is 0 Å². The van der Waals surface area contributed by atoms with Gasteiger partial charge in [-0.15, -0.1) is 0 Å². The number of carbonyl (C=O) groups is 2. The number of hydrogen-bond acceptors (Lipinski definition) is 4. The van der Waals surface area contributed by atoms with Gasteiger partial charge in [-0.05, 0) is 0 Å². The zero-order chi connectivity index (χ0) is 35.0. The summed E-state index contributed by atoms with van der Waals surface area (Å²) in [7, 11) is 0. The van der Waals surface area contributed by atoms with Crippen LogP contribution in [0.4, 0.5) is 0 Å².